The number of aryl methyl sites for hydroxylation is 1. The third-order valence-corrected chi connectivity index (χ3v) is 6.04. The number of carbonyl (C=O) groups is 1. The van der Waals surface area contributed by atoms with Gasteiger partial charge in [-0.15, -0.1) is 11.3 Å². The Bertz CT molecular complexity index is 953. The third kappa shape index (κ3) is 3.37. The Morgan fingerprint density at radius 3 is 3.04 bits per heavy atom. The number of carbonyl (C=O) groups excluding carboxylic acids is 1. The van der Waals surface area contributed by atoms with E-state index < -0.39 is 5.82 Å². The minimum absolute atomic E-state index is 0.0906. The first-order valence-corrected chi connectivity index (χ1v) is 9.91. The number of likely N-dealkylation sites (tertiary alicyclic amines) is 1. The fourth-order valence-electron chi connectivity index (χ4n) is 3.48. The van der Waals surface area contributed by atoms with Crippen LogP contribution in [0.2, 0.25) is 5.02 Å². The molecule has 1 atom stereocenters. The number of piperidine rings is 1. The number of aromatic nitrogens is 2. The van der Waals surface area contributed by atoms with Gasteiger partial charge in [0.15, 0.2) is 0 Å². The van der Waals surface area contributed by atoms with Gasteiger partial charge in [0, 0.05) is 30.6 Å². The molecule has 0 radical (unpaired) electrons. The summed E-state index contributed by atoms with van der Waals surface area (Å²) in [5.41, 5.74) is 0.506. The predicted molar refractivity (Wildman–Crippen MR) is 102 cm³/mol. The second-order valence-corrected chi connectivity index (χ2v) is 7.85. The molecule has 1 aromatic carbocycles. The molecular weight excluding hydrogens is 389 g/mol. The highest BCUT2D eigenvalue weighted by Crippen LogP contribution is 2.35. The van der Waals surface area contributed by atoms with Crippen LogP contribution in [-0.2, 0) is 0 Å². The molecule has 8 heteroatoms. The van der Waals surface area contributed by atoms with Crippen molar-refractivity contribution < 1.29 is 13.7 Å². The maximum Gasteiger partial charge on any atom is 0.259 e. The Morgan fingerprint density at radius 1 is 1.44 bits per heavy atom. The molecule has 1 saturated heterocycles. The third-order valence-electron chi connectivity index (χ3n) is 4.79. The number of hydrogen-bond donors (Lipinski definition) is 0. The summed E-state index contributed by atoms with van der Waals surface area (Å²) in [6.45, 7) is 2.86. The lowest BCUT2D eigenvalue weighted by Gasteiger charge is -2.31. The van der Waals surface area contributed by atoms with Gasteiger partial charge in [-0.05, 0) is 31.9 Å². The molecule has 2 aromatic heterocycles. The molecule has 0 saturated carbocycles. The van der Waals surface area contributed by atoms with Crippen molar-refractivity contribution in [1.29, 1.82) is 0 Å². The van der Waals surface area contributed by atoms with Crippen LogP contribution in [0.4, 0.5) is 4.39 Å². The van der Waals surface area contributed by atoms with Gasteiger partial charge in [-0.25, -0.2) is 9.37 Å². The summed E-state index contributed by atoms with van der Waals surface area (Å²) in [5, 5.41) is 7.10. The van der Waals surface area contributed by atoms with Crippen molar-refractivity contribution >= 4 is 28.8 Å². The average Bonchev–Trinajstić information content (AvgIpc) is 3.32. The molecule has 3 aromatic rings. The highest BCUT2D eigenvalue weighted by atomic mass is 35.5. The summed E-state index contributed by atoms with van der Waals surface area (Å²) >= 11 is 7.77. The fourth-order valence-corrected chi connectivity index (χ4v) is 4.50. The Kier molecular flexibility index (Phi) is 4.97. The van der Waals surface area contributed by atoms with E-state index in [9.17, 15) is 9.18 Å². The summed E-state index contributed by atoms with van der Waals surface area (Å²) in [7, 11) is 0. The molecular formula is C19H17ClFN3O2S. The molecule has 0 bridgehead atoms. The van der Waals surface area contributed by atoms with Crippen LogP contribution in [-0.4, -0.2) is 34.0 Å². The van der Waals surface area contributed by atoms with Crippen molar-refractivity contribution in [2.45, 2.75) is 25.7 Å². The molecule has 3 heterocycles. The summed E-state index contributed by atoms with van der Waals surface area (Å²) in [4.78, 5) is 19.4. The molecule has 0 aliphatic carbocycles. The van der Waals surface area contributed by atoms with Gasteiger partial charge in [0.1, 0.15) is 22.8 Å². The number of amides is 1. The zero-order valence-electron chi connectivity index (χ0n) is 14.6. The standard InChI is InChI=1S/C19H17ClFN3O2S/c1-11-15(17(23-26-11)16-13(20)5-2-6-14(16)21)19(25)24-8-3-4-12(10-24)18-22-7-9-27-18/h2,5-7,9,12H,3-4,8,10H2,1H3. The van der Waals surface area contributed by atoms with E-state index in [4.69, 9.17) is 16.1 Å². The quantitative estimate of drug-likeness (QED) is 0.620. The van der Waals surface area contributed by atoms with E-state index in [-0.39, 0.29) is 33.7 Å². The van der Waals surface area contributed by atoms with Crippen LogP contribution >= 0.6 is 22.9 Å². The van der Waals surface area contributed by atoms with Gasteiger partial charge >= 0.3 is 0 Å². The first-order valence-electron chi connectivity index (χ1n) is 8.65. The van der Waals surface area contributed by atoms with E-state index in [1.54, 1.807) is 35.4 Å². The van der Waals surface area contributed by atoms with Gasteiger partial charge in [0.2, 0.25) is 0 Å². The summed E-state index contributed by atoms with van der Waals surface area (Å²) in [6.07, 6.45) is 3.66. The van der Waals surface area contributed by atoms with E-state index in [2.05, 4.69) is 10.1 Å². The van der Waals surface area contributed by atoms with Crippen LogP contribution in [0.25, 0.3) is 11.3 Å². The lowest BCUT2D eigenvalue weighted by atomic mass is 9.97. The second kappa shape index (κ2) is 7.40. The molecule has 27 heavy (non-hydrogen) atoms. The van der Waals surface area contributed by atoms with E-state index in [0.717, 1.165) is 17.8 Å². The van der Waals surface area contributed by atoms with E-state index in [1.165, 1.54) is 12.1 Å². The van der Waals surface area contributed by atoms with Crippen molar-refractivity contribution in [3.8, 4) is 11.3 Å². The van der Waals surface area contributed by atoms with Crippen LogP contribution < -0.4 is 0 Å². The van der Waals surface area contributed by atoms with Crippen molar-refractivity contribution in [3.05, 3.63) is 56.9 Å². The second-order valence-electron chi connectivity index (χ2n) is 6.52. The average molecular weight is 406 g/mol. The molecule has 140 valence electrons. The number of hydrogen-bond acceptors (Lipinski definition) is 5. The van der Waals surface area contributed by atoms with Crippen LogP contribution in [0, 0.1) is 12.7 Å². The summed E-state index contributed by atoms with van der Waals surface area (Å²) in [5.74, 6) is -0.192. The lowest BCUT2D eigenvalue weighted by Crippen LogP contribution is -2.39. The normalized spacial score (nSPS) is 17.3. The minimum Gasteiger partial charge on any atom is -0.360 e. The van der Waals surface area contributed by atoms with Gasteiger partial charge in [-0.3, -0.25) is 4.79 Å². The van der Waals surface area contributed by atoms with Crippen molar-refractivity contribution in [2.24, 2.45) is 0 Å². The van der Waals surface area contributed by atoms with Crippen LogP contribution in [0.1, 0.15) is 39.9 Å². The van der Waals surface area contributed by atoms with Crippen LogP contribution in [0.3, 0.4) is 0 Å². The zero-order chi connectivity index (χ0) is 19.0. The van der Waals surface area contributed by atoms with Gasteiger partial charge < -0.3 is 9.42 Å². The fraction of sp³-hybridized carbons (Fsp3) is 0.316. The van der Waals surface area contributed by atoms with Crippen molar-refractivity contribution in [3.63, 3.8) is 0 Å². The molecule has 5 nitrogen and oxygen atoms in total. The molecule has 1 fully saturated rings. The number of thiazole rings is 1. The number of nitrogens with zero attached hydrogens (tertiary/aromatic N) is 3. The molecule has 1 amide bonds. The van der Waals surface area contributed by atoms with Gasteiger partial charge in [-0.1, -0.05) is 22.8 Å². The molecule has 4 rings (SSSR count). The molecule has 1 aliphatic heterocycles. The van der Waals surface area contributed by atoms with Crippen molar-refractivity contribution in [2.75, 3.05) is 13.1 Å². The molecule has 0 spiro atoms. The highest BCUT2D eigenvalue weighted by molar-refractivity contribution is 7.09. The van der Waals surface area contributed by atoms with Crippen molar-refractivity contribution in [1.82, 2.24) is 15.0 Å². The lowest BCUT2D eigenvalue weighted by molar-refractivity contribution is 0.0706. The van der Waals surface area contributed by atoms with Gasteiger partial charge in [0.05, 0.1) is 15.6 Å². The first-order chi connectivity index (χ1) is 13.1. The van der Waals surface area contributed by atoms with Crippen LogP contribution in [0.5, 0.6) is 0 Å². The van der Waals surface area contributed by atoms with Gasteiger partial charge in [0.25, 0.3) is 5.91 Å². The zero-order valence-corrected chi connectivity index (χ0v) is 16.2. The Hall–Kier alpha value is -2.25. The Balaban J connectivity index is 1.68. The molecule has 1 aliphatic rings. The monoisotopic (exact) mass is 405 g/mol. The number of rotatable bonds is 3. The smallest absolute Gasteiger partial charge is 0.259 e. The summed E-state index contributed by atoms with van der Waals surface area (Å²) < 4.78 is 19.6. The molecule has 0 N–H and O–H groups in total. The summed E-state index contributed by atoms with van der Waals surface area (Å²) in [6, 6.07) is 4.37. The minimum atomic E-state index is -0.538. The van der Waals surface area contributed by atoms with Gasteiger partial charge in [-0.2, -0.15) is 0 Å². The number of halogens is 2. The van der Waals surface area contributed by atoms with E-state index in [0.29, 0.717) is 18.8 Å². The highest BCUT2D eigenvalue weighted by Gasteiger charge is 2.32. The largest absolute Gasteiger partial charge is 0.360 e. The number of benzene rings is 1. The van der Waals surface area contributed by atoms with E-state index >= 15 is 0 Å². The predicted octanol–water partition coefficient (Wildman–Crippen LogP) is 4.92. The first kappa shape index (κ1) is 18.1. The Labute approximate surface area is 164 Å². The molecule has 1 unspecified atom stereocenters. The maximum absolute atomic E-state index is 14.4. The van der Waals surface area contributed by atoms with Crippen LogP contribution in [0.15, 0.2) is 34.3 Å². The SMILES string of the molecule is Cc1onc(-c2c(F)cccc2Cl)c1C(=O)N1CCCC(c2nccs2)C1. The maximum atomic E-state index is 14.4. The van der Waals surface area contributed by atoms with E-state index in [1.807, 2.05) is 5.38 Å². The Morgan fingerprint density at radius 2 is 2.30 bits per heavy atom. The topological polar surface area (TPSA) is 59.2 Å².